The summed E-state index contributed by atoms with van der Waals surface area (Å²) in [6, 6.07) is 38.9. The smallest absolute Gasteiger partial charge is 0.355 e. The molecule has 2 aliphatic carbocycles. The van der Waals surface area contributed by atoms with Gasteiger partial charge in [0.1, 0.15) is 23.3 Å². The molecule has 0 spiro atoms. The Morgan fingerprint density at radius 2 is 0.647 bits per heavy atom. The first-order valence-electron chi connectivity index (χ1n) is 42.4. The van der Waals surface area contributed by atoms with E-state index in [2.05, 4.69) is 53.2 Å². The van der Waals surface area contributed by atoms with Gasteiger partial charge in [-0.25, -0.2) is 26.3 Å². The lowest BCUT2D eigenvalue weighted by molar-refractivity contribution is -0.278. The summed E-state index contributed by atoms with van der Waals surface area (Å²) < 4.78 is 139. The minimum absolute atomic E-state index is 0.0210. The van der Waals surface area contributed by atoms with Gasteiger partial charge in [-0.3, -0.25) is 86.3 Å². The Morgan fingerprint density at radius 1 is 0.353 bits per heavy atom. The van der Waals surface area contributed by atoms with Crippen LogP contribution in [0.5, 0.6) is 0 Å². The van der Waals surface area contributed by atoms with Crippen LogP contribution in [0.15, 0.2) is 158 Å². The van der Waals surface area contributed by atoms with Gasteiger partial charge in [-0.1, -0.05) is 109 Å². The van der Waals surface area contributed by atoms with Gasteiger partial charge in [0.2, 0.25) is 70.1 Å². The number of alkyl halides is 7. The van der Waals surface area contributed by atoms with Gasteiger partial charge in [0.15, 0.2) is 0 Å². The van der Waals surface area contributed by atoms with E-state index < -0.39 is 190 Å². The quantitative estimate of drug-likeness (QED) is 0.0222. The number of benzene rings is 6. The number of rotatable bonds is 29. The van der Waals surface area contributed by atoms with Crippen molar-refractivity contribution < 1.29 is 135 Å². The van der Waals surface area contributed by atoms with E-state index in [1.807, 2.05) is 5.32 Å². The van der Waals surface area contributed by atoms with E-state index in [4.69, 9.17) is 0 Å². The molecule has 0 unspecified atom stereocenters. The minimum Gasteiger partial charge on any atom is -0.355 e. The zero-order valence-electron chi connectivity index (χ0n) is 72.0. The van der Waals surface area contributed by atoms with Gasteiger partial charge >= 0.3 is 12.1 Å². The van der Waals surface area contributed by atoms with Gasteiger partial charge in [0.05, 0.1) is 84.1 Å². The Hall–Kier alpha value is -13.8. The minimum atomic E-state index is -5.85. The summed E-state index contributed by atoms with van der Waals surface area (Å²) in [5, 5.41) is 28.9. The second-order valence-corrected chi connectivity index (χ2v) is 33.0. The molecule has 12 N–H and O–H groups in total. The largest absolute Gasteiger partial charge is 0.455 e. The molecule has 6 aromatic rings. The van der Waals surface area contributed by atoms with Crippen LogP contribution in [0.1, 0.15) is 110 Å². The molecule has 133 heavy (non-hydrogen) atoms. The fraction of sp³-hybridized carbons (Fsp3) is 0.413. The zero-order valence-corrected chi connectivity index (χ0v) is 72.0. The summed E-state index contributed by atoms with van der Waals surface area (Å²) in [7, 11) is 0. The number of hydrogen-bond acceptors (Lipinski definition) is 18. The SMILES string of the molecule is CC(C)NC(=O)C(=O)[C@H]1CNC(=O)[C@@H]1c1ccc(F)cc1.CC(F)(F)CNC(=O)C(=O)[C@H]1CNC(=O)[C@@H]1c1ccccc1.CCNC(=O)C(=O)[C@H]1CNC(=O)[C@@H]1Cc1ccc(F)cc1.O=C(NC1CC1)C(=O)[C@H]1CNC(=O)[C@@H]1Cc1ccc(F)cc1.O=C(NCC(F)(F)C(F)(F)F)C(=O)[C@H]1CNC(=O)[C@@H]1c1ccccc1.O=C(NCC1CC1)C(=O)[C@H]1CNC(=O)[C@@H]1c1ccc(F)cc1. The topological polar surface area (TPSA) is 452 Å². The molecule has 6 heterocycles. The number of nitrogens with one attached hydrogen (secondary N) is 12. The zero-order chi connectivity index (χ0) is 97.5. The predicted molar refractivity (Wildman–Crippen MR) is 449 cm³/mol. The predicted octanol–water partition coefficient (Wildman–Crippen LogP) is 4.77. The van der Waals surface area contributed by atoms with Crippen LogP contribution in [0.3, 0.4) is 0 Å². The van der Waals surface area contributed by atoms with E-state index in [0.29, 0.717) is 61.0 Å². The van der Waals surface area contributed by atoms with Gasteiger partial charge in [-0.15, -0.1) is 0 Å². The van der Waals surface area contributed by atoms with Crippen molar-refractivity contribution in [1.29, 1.82) is 0 Å². The molecule has 6 aliphatic heterocycles. The molecule has 2 saturated carbocycles. The molecule has 0 aromatic heterocycles. The van der Waals surface area contributed by atoms with Gasteiger partial charge in [-0.05, 0) is 147 Å². The van der Waals surface area contributed by atoms with Crippen molar-refractivity contribution in [3.63, 3.8) is 0 Å². The molecule has 6 saturated heterocycles. The standard InChI is InChI=1S/2C16H17FN2O3.C15H13F5N2O3.C15H16F2N2O3.2C15H17FN2O3/c17-10-3-1-9(2-4-10)7-12-13(8-18-15(12)21)14(20)16(22)19-11-5-6-11;17-11-5-3-10(4-6-11)13-12(8-19-15(13)21)14(20)16(22)18-7-9-1-2-9;16-14(17,15(18,19)20)7-22-13(25)11(23)9-6-21-12(24)10(9)8-4-2-1-3-5-8;1-15(16,17)8-19-14(22)12(20)10-7-18-13(21)11(10)9-5-3-2-4-6-9;1-8(2)18-15(21)13(19)11-7-17-14(20)12(11)9-3-5-10(16)6-4-9;1-2-17-15(21)13(19)12-8-18-14(20)11(12)7-9-3-5-10(16)6-4-9/h1-4,11-13H,5-8H2,(H,18,21)(H,19,22);3-6,9,12-13H,1-2,7-8H2,(H,18,22)(H,19,21);1-5,9-10H,6-7H2,(H,21,24)(H,22,25);2-6,10-11H,7-8H2,1H3,(H,18,21)(H,19,22);3-6,8,11-12H,7H2,1-2H3,(H,17,20)(H,18,21);3-6,11-12H,2,7-8H2,1H3,(H,17,21)(H,18,20)/t2*12-,13+;9-,10+;10-,11+;2*11-,12+/m100001/s1. The van der Waals surface area contributed by atoms with E-state index >= 15 is 0 Å². The van der Waals surface area contributed by atoms with Crippen LogP contribution < -0.4 is 63.8 Å². The first kappa shape index (κ1) is 103. The molecule has 0 radical (unpaired) electrons. The van der Waals surface area contributed by atoms with Gasteiger partial charge in [0, 0.05) is 71.4 Å². The highest BCUT2D eigenvalue weighted by Gasteiger charge is 2.58. The maximum Gasteiger partial charge on any atom is 0.455 e. The maximum absolute atomic E-state index is 13.0. The third-order valence-electron chi connectivity index (χ3n) is 22.6. The van der Waals surface area contributed by atoms with E-state index in [1.54, 1.807) is 106 Å². The molecule has 14 rings (SSSR count). The van der Waals surface area contributed by atoms with Crippen LogP contribution in [-0.2, 0) is 99.1 Å². The molecular formula is C92H97F11N12O18. The molecule has 710 valence electrons. The number of amides is 12. The third-order valence-corrected chi connectivity index (χ3v) is 22.6. The van der Waals surface area contributed by atoms with Crippen molar-refractivity contribution in [2.45, 2.75) is 120 Å². The summed E-state index contributed by atoms with van der Waals surface area (Å²) in [5.74, 6) is -30.4. The fourth-order valence-electron chi connectivity index (χ4n) is 15.2. The van der Waals surface area contributed by atoms with Crippen LogP contribution in [-0.4, -0.2) is 201 Å². The summed E-state index contributed by atoms with van der Waals surface area (Å²) in [5.41, 5.74) is 3.65. The average Bonchev–Trinajstić information content (AvgIpc) is 1.71. The van der Waals surface area contributed by atoms with Crippen LogP contribution in [0, 0.1) is 76.5 Å². The highest BCUT2D eigenvalue weighted by atomic mass is 19.4. The molecule has 41 heteroatoms. The highest BCUT2D eigenvalue weighted by molar-refractivity contribution is 6.40. The summed E-state index contributed by atoms with van der Waals surface area (Å²) in [6.45, 7) is 4.19. The number of carbonyl (C=O) groups is 18. The van der Waals surface area contributed by atoms with E-state index in [0.717, 1.165) is 36.8 Å². The summed E-state index contributed by atoms with van der Waals surface area (Å²) in [4.78, 5) is 215. The third kappa shape index (κ3) is 28.9. The number of ketones is 6. The average molecular weight is 1870 g/mol. The number of hydrogen-bond donors (Lipinski definition) is 12. The molecule has 12 amide bonds. The van der Waals surface area contributed by atoms with Crippen molar-refractivity contribution in [2.75, 3.05) is 65.4 Å². The first-order chi connectivity index (χ1) is 62.9. The van der Waals surface area contributed by atoms with Crippen LogP contribution in [0.4, 0.5) is 48.3 Å². The molecule has 30 nitrogen and oxygen atoms in total. The second kappa shape index (κ2) is 46.3. The normalized spacial score (nSPS) is 22.0. The van der Waals surface area contributed by atoms with Gasteiger partial charge < -0.3 is 63.8 Å². The molecule has 8 fully saturated rings. The maximum atomic E-state index is 13.0. The Labute approximate surface area is 753 Å². The Bertz CT molecular complexity index is 5280. The van der Waals surface area contributed by atoms with Crippen molar-refractivity contribution in [3.05, 3.63) is 214 Å². The molecule has 12 atom stereocenters. The number of likely N-dealkylation sites (N-methyl/N-ethyl adjacent to an activating group) is 1. The summed E-state index contributed by atoms with van der Waals surface area (Å²) in [6.07, 6.45) is -1.26. The van der Waals surface area contributed by atoms with Crippen molar-refractivity contribution in [3.8, 4) is 0 Å². The van der Waals surface area contributed by atoms with E-state index in [1.165, 1.54) is 78.1 Å². The Morgan fingerprint density at radius 3 is 0.970 bits per heavy atom. The summed E-state index contributed by atoms with van der Waals surface area (Å²) >= 11 is 0. The Balaban J connectivity index is 0.000000180. The number of carbonyl (C=O) groups excluding carboxylic acids is 18. The lowest BCUT2D eigenvalue weighted by Gasteiger charge is -2.20. The van der Waals surface area contributed by atoms with Crippen LogP contribution in [0.25, 0.3) is 0 Å². The number of halogens is 11. The molecule has 8 aliphatic rings. The van der Waals surface area contributed by atoms with Crippen molar-refractivity contribution in [2.24, 2.45) is 53.3 Å². The molecular weight excluding hydrogens is 1770 g/mol. The van der Waals surface area contributed by atoms with Gasteiger partial charge in [-0.2, -0.15) is 22.0 Å². The van der Waals surface area contributed by atoms with E-state index in [-0.39, 0.29) is 92.5 Å². The lowest BCUT2D eigenvalue weighted by Crippen LogP contribution is -2.49. The first-order valence-corrected chi connectivity index (χ1v) is 42.4. The van der Waals surface area contributed by atoms with Gasteiger partial charge in [0.25, 0.3) is 41.4 Å². The lowest BCUT2D eigenvalue weighted by atomic mass is 9.85. The molecule has 0 bridgehead atoms. The van der Waals surface area contributed by atoms with Crippen molar-refractivity contribution >= 4 is 106 Å². The van der Waals surface area contributed by atoms with Crippen LogP contribution >= 0.6 is 0 Å². The van der Waals surface area contributed by atoms with Crippen molar-refractivity contribution in [1.82, 2.24) is 63.8 Å². The number of Topliss-reactive ketones (excluding diaryl/α,β-unsaturated/α-hetero) is 6. The fourth-order valence-corrected chi connectivity index (χ4v) is 15.2. The Kier molecular flexibility index (Phi) is 35.9. The molecule has 6 aromatic carbocycles. The monoisotopic (exact) mass is 1870 g/mol. The van der Waals surface area contributed by atoms with Crippen LogP contribution in [0.2, 0.25) is 0 Å². The van der Waals surface area contributed by atoms with E-state index in [9.17, 15) is 135 Å². The highest BCUT2D eigenvalue weighted by Crippen LogP contribution is 2.38. The second-order valence-electron chi connectivity index (χ2n) is 33.0.